The van der Waals surface area contributed by atoms with Gasteiger partial charge in [0, 0.05) is 43.3 Å². The predicted molar refractivity (Wildman–Crippen MR) is 103 cm³/mol. The number of piperazine rings is 1. The molecular formula is C20H30ClN3O. The van der Waals surface area contributed by atoms with Crippen LogP contribution in [0.25, 0.3) is 0 Å². The number of rotatable bonds is 5. The van der Waals surface area contributed by atoms with Gasteiger partial charge in [-0.05, 0) is 37.6 Å². The summed E-state index contributed by atoms with van der Waals surface area (Å²) in [6, 6.07) is 7.55. The maximum absolute atomic E-state index is 12.4. The largest absolute Gasteiger partial charge is 0.354 e. The highest BCUT2D eigenvalue weighted by atomic mass is 35.5. The molecule has 138 valence electrons. The number of hydrogen-bond donors (Lipinski definition) is 1. The normalized spacial score (nSPS) is 21.8. The van der Waals surface area contributed by atoms with E-state index in [-0.39, 0.29) is 11.4 Å². The lowest BCUT2D eigenvalue weighted by atomic mass is 9.79. The van der Waals surface area contributed by atoms with E-state index in [2.05, 4.69) is 22.2 Å². The van der Waals surface area contributed by atoms with Gasteiger partial charge in [0.15, 0.2) is 0 Å². The molecule has 1 N–H and O–H groups in total. The summed E-state index contributed by atoms with van der Waals surface area (Å²) in [6.45, 7) is 5.26. The maximum atomic E-state index is 12.4. The van der Waals surface area contributed by atoms with Crippen LogP contribution >= 0.6 is 11.6 Å². The average Bonchev–Trinajstić information content (AvgIpc) is 2.63. The van der Waals surface area contributed by atoms with Crippen molar-refractivity contribution in [1.82, 2.24) is 15.1 Å². The summed E-state index contributed by atoms with van der Waals surface area (Å²) >= 11 is 5.92. The van der Waals surface area contributed by atoms with E-state index in [1.165, 1.54) is 32.1 Å². The van der Waals surface area contributed by atoms with Crippen LogP contribution in [-0.2, 0) is 11.2 Å². The van der Waals surface area contributed by atoms with Crippen molar-refractivity contribution in [1.29, 1.82) is 0 Å². The fourth-order valence-electron chi connectivity index (χ4n) is 4.21. The van der Waals surface area contributed by atoms with Gasteiger partial charge in [0.2, 0.25) is 5.91 Å². The zero-order valence-electron chi connectivity index (χ0n) is 15.3. The summed E-state index contributed by atoms with van der Waals surface area (Å²) in [5, 5.41) is 3.95. The molecule has 0 spiro atoms. The molecule has 1 aliphatic carbocycles. The van der Waals surface area contributed by atoms with Gasteiger partial charge in [0.05, 0.1) is 6.42 Å². The van der Waals surface area contributed by atoms with Crippen LogP contribution in [0.1, 0.15) is 37.7 Å². The van der Waals surface area contributed by atoms with Crippen LogP contribution in [0.5, 0.6) is 0 Å². The zero-order chi connectivity index (χ0) is 17.7. The van der Waals surface area contributed by atoms with Crippen LogP contribution in [0.15, 0.2) is 24.3 Å². The number of carbonyl (C=O) groups excluding carboxylic acids is 1. The van der Waals surface area contributed by atoms with Gasteiger partial charge in [-0.15, -0.1) is 0 Å². The van der Waals surface area contributed by atoms with E-state index in [1.807, 2.05) is 24.3 Å². The lowest BCUT2D eigenvalue weighted by molar-refractivity contribution is -0.121. The van der Waals surface area contributed by atoms with Gasteiger partial charge in [0.25, 0.3) is 0 Å². The quantitative estimate of drug-likeness (QED) is 0.873. The summed E-state index contributed by atoms with van der Waals surface area (Å²) in [6.07, 6.45) is 6.72. The van der Waals surface area contributed by atoms with Crippen molar-refractivity contribution in [3.63, 3.8) is 0 Å². The van der Waals surface area contributed by atoms with E-state index in [0.29, 0.717) is 11.4 Å². The first-order chi connectivity index (χ1) is 12.1. The number of nitrogens with one attached hydrogen (secondary N) is 1. The third-order valence-corrected chi connectivity index (χ3v) is 6.10. The molecule has 2 fully saturated rings. The number of hydrogen-bond acceptors (Lipinski definition) is 3. The van der Waals surface area contributed by atoms with Crippen molar-refractivity contribution < 1.29 is 4.79 Å². The molecule has 25 heavy (non-hydrogen) atoms. The summed E-state index contributed by atoms with van der Waals surface area (Å²) in [4.78, 5) is 17.5. The Morgan fingerprint density at radius 3 is 2.36 bits per heavy atom. The Labute approximate surface area is 156 Å². The summed E-state index contributed by atoms with van der Waals surface area (Å²) in [7, 11) is 2.19. The molecule has 1 aliphatic heterocycles. The van der Waals surface area contributed by atoms with E-state index in [9.17, 15) is 4.79 Å². The number of benzene rings is 1. The molecule has 4 nitrogen and oxygen atoms in total. The molecule has 1 saturated heterocycles. The summed E-state index contributed by atoms with van der Waals surface area (Å²) in [5.41, 5.74) is 1.18. The number of nitrogens with zero attached hydrogens (tertiary/aromatic N) is 2. The van der Waals surface area contributed by atoms with Gasteiger partial charge in [-0.3, -0.25) is 9.69 Å². The SMILES string of the molecule is CN1CCN(C2(CNC(=O)Cc3ccc(Cl)cc3)CCCCC2)CC1. The van der Waals surface area contributed by atoms with Gasteiger partial charge in [-0.25, -0.2) is 0 Å². The van der Waals surface area contributed by atoms with E-state index in [4.69, 9.17) is 11.6 Å². The molecule has 1 saturated carbocycles. The molecule has 0 bridgehead atoms. The fraction of sp³-hybridized carbons (Fsp3) is 0.650. The first-order valence-electron chi connectivity index (χ1n) is 9.52. The third-order valence-electron chi connectivity index (χ3n) is 5.85. The topological polar surface area (TPSA) is 35.6 Å². The van der Waals surface area contributed by atoms with Crippen molar-refractivity contribution >= 4 is 17.5 Å². The van der Waals surface area contributed by atoms with Gasteiger partial charge in [-0.1, -0.05) is 43.0 Å². The molecule has 0 unspecified atom stereocenters. The number of amides is 1. The molecule has 1 amide bonds. The second-order valence-electron chi connectivity index (χ2n) is 7.66. The fourth-order valence-corrected chi connectivity index (χ4v) is 4.33. The standard InChI is InChI=1S/C20H30ClN3O/c1-23-11-13-24(14-12-23)20(9-3-2-4-10-20)16-22-19(25)15-17-5-7-18(21)8-6-17/h5-8H,2-4,9-16H2,1H3,(H,22,25). The van der Waals surface area contributed by atoms with Crippen molar-refractivity contribution in [2.24, 2.45) is 0 Å². The molecule has 0 radical (unpaired) electrons. The molecule has 3 rings (SSSR count). The second kappa shape index (κ2) is 8.52. The molecular weight excluding hydrogens is 334 g/mol. The smallest absolute Gasteiger partial charge is 0.224 e. The lowest BCUT2D eigenvalue weighted by Gasteiger charge is -2.49. The highest BCUT2D eigenvalue weighted by Crippen LogP contribution is 2.34. The van der Waals surface area contributed by atoms with Gasteiger partial charge in [-0.2, -0.15) is 0 Å². The van der Waals surface area contributed by atoms with E-state index < -0.39 is 0 Å². The number of carbonyl (C=O) groups is 1. The Morgan fingerprint density at radius 1 is 1.08 bits per heavy atom. The van der Waals surface area contributed by atoms with Crippen LogP contribution in [0, 0.1) is 0 Å². The van der Waals surface area contributed by atoms with Crippen molar-refractivity contribution in [2.45, 2.75) is 44.1 Å². The van der Waals surface area contributed by atoms with E-state index >= 15 is 0 Å². The summed E-state index contributed by atoms with van der Waals surface area (Å²) < 4.78 is 0. The van der Waals surface area contributed by atoms with Gasteiger partial charge >= 0.3 is 0 Å². The molecule has 0 atom stereocenters. The Kier molecular flexibility index (Phi) is 6.37. The Bertz CT molecular complexity index is 561. The monoisotopic (exact) mass is 363 g/mol. The van der Waals surface area contributed by atoms with Crippen molar-refractivity contribution in [3.05, 3.63) is 34.9 Å². The highest BCUT2D eigenvalue weighted by molar-refractivity contribution is 6.30. The summed E-state index contributed by atoms with van der Waals surface area (Å²) in [5.74, 6) is 0.112. The average molecular weight is 364 g/mol. The molecule has 2 aliphatic rings. The van der Waals surface area contributed by atoms with Crippen LogP contribution in [-0.4, -0.2) is 61.0 Å². The Hall–Kier alpha value is -1.10. The third kappa shape index (κ3) is 4.96. The molecule has 5 heteroatoms. The number of likely N-dealkylation sites (N-methyl/N-ethyl adjacent to an activating group) is 1. The first-order valence-corrected chi connectivity index (χ1v) is 9.90. The van der Waals surface area contributed by atoms with E-state index in [1.54, 1.807) is 0 Å². The van der Waals surface area contributed by atoms with Crippen LogP contribution in [0.4, 0.5) is 0 Å². The van der Waals surface area contributed by atoms with Gasteiger partial charge < -0.3 is 10.2 Å². The van der Waals surface area contributed by atoms with E-state index in [0.717, 1.165) is 38.3 Å². The van der Waals surface area contributed by atoms with Crippen LogP contribution in [0.2, 0.25) is 5.02 Å². The van der Waals surface area contributed by atoms with Crippen molar-refractivity contribution in [3.8, 4) is 0 Å². The highest BCUT2D eigenvalue weighted by Gasteiger charge is 2.39. The second-order valence-corrected chi connectivity index (χ2v) is 8.09. The Balaban J connectivity index is 1.58. The van der Waals surface area contributed by atoms with Crippen LogP contribution < -0.4 is 5.32 Å². The lowest BCUT2D eigenvalue weighted by Crippen LogP contribution is -2.61. The van der Waals surface area contributed by atoms with Crippen molar-refractivity contribution in [2.75, 3.05) is 39.8 Å². The minimum atomic E-state index is 0.112. The zero-order valence-corrected chi connectivity index (χ0v) is 16.0. The molecule has 1 aromatic carbocycles. The minimum absolute atomic E-state index is 0.112. The molecule has 1 aromatic rings. The van der Waals surface area contributed by atoms with Crippen LogP contribution in [0.3, 0.4) is 0 Å². The predicted octanol–water partition coefficient (Wildman–Crippen LogP) is 2.95. The number of halogens is 1. The molecule has 0 aromatic heterocycles. The maximum Gasteiger partial charge on any atom is 0.224 e. The first kappa shape index (κ1) is 18.7. The Morgan fingerprint density at radius 2 is 1.72 bits per heavy atom. The molecule has 1 heterocycles. The van der Waals surface area contributed by atoms with Gasteiger partial charge in [0.1, 0.15) is 0 Å². The minimum Gasteiger partial charge on any atom is -0.354 e.